The number of aryl methyl sites for hydroxylation is 1. The Balaban J connectivity index is 2.67. The van der Waals surface area contributed by atoms with Crippen molar-refractivity contribution >= 4 is 6.21 Å². The maximum absolute atomic E-state index is 4.49. The van der Waals surface area contributed by atoms with E-state index in [1.807, 2.05) is 13.2 Å². The molecule has 0 saturated heterocycles. The fraction of sp³-hybridized carbons (Fsp3) is 0.333. The highest BCUT2D eigenvalue weighted by atomic mass is 16.6. The maximum atomic E-state index is 4.49. The number of aromatic nitrogens is 2. The van der Waals surface area contributed by atoms with Gasteiger partial charge in [-0.15, -0.1) is 0 Å². The van der Waals surface area contributed by atoms with E-state index in [0.29, 0.717) is 0 Å². The largest absolute Gasteiger partial charge is 0.399 e. The van der Waals surface area contributed by atoms with Crippen LogP contribution in [0.5, 0.6) is 0 Å². The average Bonchev–Trinajstić information content (AvgIpc) is 2.31. The normalized spacial score (nSPS) is 10.6. The van der Waals surface area contributed by atoms with E-state index in [1.54, 1.807) is 17.1 Å². The Morgan fingerprint density at radius 1 is 1.80 bits per heavy atom. The Morgan fingerprint density at radius 2 is 2.60 bits per heavy atom. The Hall–Kier alpha value is -1.32. The van der Waals surface area contributed by atoms with Crippen LogP contribution < -0.4 is 0 Å². The number of rotatable bonds is 2. The molecule has 1 aromatic rings. The van der Waals surface area contributed by atoms with Crippen LogP contribution in [-0.4, -0.2) is 23.1 Å². The van der Waals surface area contributed by atoms with Gasteiger partial charge in [0.1, 0.15) is 7.11 Å². The molecule has 4 nitrogen and oxygen atoms in total. The van der Waals surface area contributed by atoms with E-state index in [-0.39, 0.29) is 0 Å². The highest BCUT2D eigenvalue weighted by Crippen LogP contribution is 1.90. The first-order chi connectivity index (χ1) is 4.83. The van der Waals surface area contributed by atoms with Crippen molar-refractivity contribution in [3.05, 3.63) is 18.0 Å². The SMILES string of the molecule is CON=Cc1cnn(C)c1. The molecule has 4 heteroatoms. The van der Waals surface area contributed by atoms with Crippen LogP contribution in [0.3, 0.4) is 0 Å². The molecule has 0 aliphatic carbocycles. The van der Waals surface area contributed by atoms with E-state index in [9.17, 15) is 0 Å². The van der Waals surface area contributed by atoms with Gasteiger partial charge in [-0.2, -0.15) is 5.10 Å². The summed E-state index contributed by atoms with van der Waals surface area (Å²) >= 11 is 0. The Morgan fingerprint density at radius 3 is 3.10 bits per heavy atom. The molecule has 0 fully saturated rings. The van der Waals surface area contributed by atoms with E-state index >= 15 is 0 Å². The van der Waals surface area contributed by atoms with Crippen molar-refractivity contribution in [3.63, 3.8) is 0 Å². The molecule has 0 aliphatic heterocycles. The van der Waals surface area contributed by atoms with Crippen LogP contribution in [0.25, 0.3) is 0 Å². The molecule has 0 amide bonds. The molecular formula is C6H9N3O. The van der Waals surface area contributed by atoms with Gasteiger partial charge in [-0.05, 0) is 0 Å². The summed E-state index contributed by atoms with van der Waals surface area (Å²) in [6, 6.07) is 0. The smallest absolute Gasteiger partial charge is 0.106 e. The lowest BCUT2D eigenvalue weighted by Crippen LogP contribution is -1.84. The number of nitrogens with zero attached hydrogens (tertiary/aromatic N) is 3. The topological polar surface area (TPSA) is 39.4 Å². The van der Waals surface area contributed by atoms with Gasteiger partial charge in [-0.3, -0.25) is 4.68 Å². The second-order valence-electron chi connectivity index (χ2n) is 1.86. The summed E-state index contributed by atoms with van der Waals surface area (Å²) in [4.78, 5) is 4.49. The second-order valence-corrected chi connectivity index (χ2v) is 1.86. The summed E-state index contributed by atoms with van der Waals surface area (Å²) in [7, 11) is 3.36. The Kier molecular flexibility index (Phi) is 2.04. The van der Waals surface area contributed by atoms with Gasteiger partial charge >= 0.3 is 0 Å². The van der Waals surface area contributed by atoms with Crippen molar-refractivity contribution in [3.8, 4) is 0 Å². The van der Waals surface area contributed by atoms with Crippen LogP contribution >= 0.6 is 0 Å². The van der Waals surface area contributed by atoms with Crippen LogP contribution in [0.4, 0.5) is 0 Å². The number of oxime groups is 1. The van der Waals surface area contributed by atoms with E-state index in [2.05, 4.69) is 15.1 Å². The van der Waals surface area contributed by atoms with Gasteiger partial charge < -0.3 is 4.84 Å². The molecule has 0 N–H and O–H groups in total. The van der Waals surface area contributed by atoms with Crippen molar-refractivity contribution in [2.24, 2.45) is 12.2 Å². The Labute approximate surface area is 59.1 Å². The molecule has 10 heavy (non-hydrogen) atoms. The van der Waals surface area contributed by atoms with Crippen molar-refractivity contribution in [1.82, 2.24) is 9.78 Å². The molecule has 1 aromatic heterocycles. The van der Waals surface area contributed by atoms with E-state index in [4.69, 9.17) is 0 Å². The standard InChI is InChI=1S/C6H9N3O/c1-9-5-6(3-7-9)4-8-10-2/h3-5H,1-2H3. The van der Waals surface area contributed by atoms with Crippen molar-refractivity contribution in [1.29, 1.82) is 0 Å². The van der Waals surface area contributed by atoms with Gasteiger partial charge in [0.25, 0.3) is 0 Å². The lowest BCUT2D eigenvalue weighted by molar-refractivity contribution is 0.215. The molecule has 0 aliphatic rings. The van der Waals surface area contributed by atoms with Crippen LogP contribution in [0.15, 0.2) is 17.5 Å². The van der Waals surface area contributed by atoms with Gasteiger partial charge in [-0.1, -0.05) is 5.16 Å². The molecule has 0 unspecified atom stereocenters. The van der Waals surface area contributed by atoms with Gasteiger partial charge in [0.05, 0.1) is 12.4 Å². The van der Waals surface area contributed by atoms with Crippen molar-refractivity contribution < 1.29 is 4.84 Å². The van der Waals surface area contributed by atoms with E-state index < -0.39 is 0 Å². The molecule has 1 rings (SSSR count). The third-order valence-corrected chi connectivity index (χ3v) is 1.03. The molecule has 1 heterocycles. The zero-order valence-corrected chi connectivity index (χ0v) is 5.98. The van der Waals surface area contributed by atoms with Crippen LogP contribution in [0.1, 0.15) is 5.56 Å². The lowest BCUT2D eigenvalue weighted by Gasteiger charge is -1.82. The summed E-state index contributed by atoms with van der Waals surface area (Å²) in [5.74, 6) is 0. The lowest BCUT2D eigenvalue weighted by atomic mass is 10.4. The zero-order chi connectivity index (χ0) is 7.40. The van der Waals surface area contributed by atoms with Gasteiger partial charge in [0.2, 0.25) is 0 Å². The van der Waals surface area contributed by atoms with E-state index in [1.165, 1.54) is 7.11 Å². The first-order valence-corrected chi connectivity index (χ1v) is 2.88. The Bertz CT molecular complexity index is 229. The van der Waals surface area contributed by atoms with Gasteiger partial charge in [-0.25, -0.2) is 0 Å². The summed E-state index contributed by atoms with van der Waals surface area (Å²) in [5.41, 5.74) is 0.935. The monoisotopic (exact) mass is 139 g/mol. The average molecular weight is 139 g/mol. The molecule has 0 saturated carbocycles. The first-order valence-electron chi connectivity index (χ1n) is 2.88. The fourth-order valence-corrected chi connectivity index (χ4v) is 0.620. The minimum atomic E-state index is 0.935. The number of hydrogen-bond acceptors (Lipinski definition) is 3. The van der Waals surface area contributed by atoms with Crippen LogP contribution in [0.2, 0.25) is 0 Å². The second kappa shape index (κ2) is 3.00. The highest BCUT2D eigenvalue weighted by molar-refractivity contribution is 5.78. The summed E-state index contributed by atoms with van der Waals surface area (Å²) in [5, 5.41) is 7.52. The molecule has 0 atom stereocenters. The van der Waals surface area contributed by atoms with Crippen molar-refractivity contribution in [2.75, 3.05) is 7.11 Å². The third kappa shape index (κ3) is 1.58. The highest BCUT2D eigenvalue weighted by Gasteiger charge is 1.88. The fourth-order valence-electron chi connectivity index (χ4n) is 0.620. The molecule has 0 spiro atoms. The molecule has 0 bridgehead atoms. The van der Waals surface area contributed by atoms with Gasteiger partial charge in [0.15, 0.2) is 0 Å². The number of hydrogen-bond donors (Lipinski definition) is 0. The molecule has 0 aromatic carbocycles. The third-order valence-electron chi connectivity index (χ3n) is 1.03. The van der Waals surface area contributed by atoms with Crippen LogP contribution in [0, 0.1) is 0 Å². The summed E-state index contributed by atoms with van der Waals surface area (Å²) in [6.45, 7) is 0. The van der Waals surface area contributed by atoms with Crippen LogP contribution in [-0.2, 0) is 11.9 Å². The molecule has 0 radical (unpaired) electrons. The summed E-state index contributed by atoms with van der Waals surface area (Å²) < 4.78 is 1.71. The minimum Gasteiger partial charge on any atom is -0.399 e. The minimum absolute atomic E-state index is 0.935. The molecule has 54 valence electrons. The molecular weight excluding hydrogens is 130 g/mol. The maximum Gasteiger partial charge on any atom is 0.106 e. The predicted molar refractivity (Wildman–Crippen MR) is 37.8 cm³/mol. The predicted octanol–water partition coefficient (Wildman–Crippen LogP) is 0.400. The quantitative estimate of drug-likeness (QED) is 0.439. The zero-order valence-electron chi connectivity index (χ0n) is 5.98. The first kappa shape index (κ1) is 6.80. The van der Waals surface area contributed by atoms with Gasteiger partial charge in [0, 0.05) is 18.8 Å². The summed E-state index contributed by atoms with van der Waals surface area (Å²) in [6.07, 6.45) is 5.16. The van der Waals surface area contributed by atoms with Crippen molar-refractivity contribution in [2.45, 2.75) is 0 Å². The van der Waals surface area contributed by atoms with E-state index in [0.717, 1.165) is 5.56 Å².